The molecule has 0 radical (unpaired) electrons. The predicted octanol–water partition coefficient (Wildman–Crippen LogP) is 4.47. The maximum Gasteiger partial charge on any atom is 0.140 e. The van der Waals surface area contributed by atoms with Crippen LogP contribution in [-0.4, -0.2) is 16.5 Å². The van der Waals surface area contributed by atoms with Crippen LogP contribution >= 0.6 is 0 Å². The second-order valence-electron chi connectivity index (χ2n) is 5.46. The van der Waals surface area contributed by atoms with Crippen LogP contribution in [0.15, 0.2) is 60.9 Å². The highest BCUT2D eigenvalue weighted by Gasteiger charge is 2.08. The van der Waals surface area contributed by atoms with E-state index in [1.54, 1.807) is 7.11 Å². The van der Waals surface area contributed by atoms with Crippen molar-refractivity contribution in [2.24, 2.45) is 0 Å². The number of rotatable bonds is 2. The summed E-state index contributed by atoms with van der Waals surface area (Å²) in [6.45, 7) is 2.08. The molecular weight excluding hydrogens is 272 g/mol. The summed E-state index contributed by atoms with van der Waals surface area (Å²) >= 11 is 0. The van der Waals surface area contributed by atoms with Crippen molar-refractivity contribution in [3.05, 3.63) is 66.5 Å². The number of fused-ring (bicyclic) bond motifs is 2. The molecule has 4 rings (SSSR count). The molecule has 0 atom stereocenters. The SMILES string of the molecule is COc1ccc2cc(-c3cnc4c(C)cccn34)ccc2c1. The van der Waals surface area contributed by atoms with Gasteiger partial charge in [-0.15, -0.1) is 0 Å². The molecule has 0 N–H and O–H groups in total. The van der Waals surface area contributed by atoms with E-state index in [9.17, 15) is 0 Å². The fourth-order valence-electron chi connectivity index (χ4n) is 2.88. The number of benzene rings is 2. The lowest BCUT2D eigenvalue weighted by molar-refractivity contribution is 0.415. The second-order valence-corrected chi connectivity index (χ2v) is 5.46. The van der Waals surface area contributed by atoms with Crippen LogP contribution in [0.3, 0.4) is 0 Å². The summed E-state index contributed by atoms with van der Waals surface area (Å²) in [6, 6.07) is 16.7. The van der Waals surface area contributed by atoms with E-state index in [4.69, 9.17) is 4.74 Å². The Hall–Kier alpha value is -2.81. The highest BCUT2D eigenvalue weighted by molar-refractivity contribution is 5.88. The largest absolute Gasteiger partial charge is 0.497 e. The third-order valence-corrected chi connectivity index (χ3v) is 4.07. The molecule has 22 heavy (non-hydrogen) atoms. The normalized spacial score (nSPS) is 11.2. The van der Waals surface area contributed by atoms with Crippen LogP contribution in [0, 0.1) is 6.92 Å². The van der Waals surface area contributed by atoms with E-state index in [1.807, 2.05) is 12.3 Å². The summed E-state index contributed by atoms with van der Waals surface area (Å²) in [5.41, 5.74) is 4.46. The average molecular weight is 288 g/mol. The summed E-state index contributed by atoms with van der Waals surface area (Å²) in [6.07, 6.45) is 4.00. The molecule has 0 saturated carbocycles. The quantitative estimate of drug-likeness (QED) is 0.544. The minimum atomic E-state index is 0.880. The van der Waals surface area contributed by atoms with Crippen LogP contribution in [0.2, 0.25) is 0 Å². The van der Waals surface area contributed by atoms with Crippen molar-refractivity contribution in [3.8, 4) is 17.0 Å². The van der Waals surface area contributed by atoms with Gasteiger partial charge in [0.05, 0.1) is 19.0 Å². The molecule has 3 nitrogen and oxygen atoms in total. The number of imidazole rings is 1. The van der Waals surface area contributed by atoms with Crippen LogP contribution in [0.1, 0.15) is 5.56 Å². The smallest absolute Gasteiger partial charge is 0.140 e. The Morgan fingerprint density at radius 2 is 1.82 bits per heavy atom. The first-order chi connectivity index (χ1) is 10.8. The number of methoxy groups -OCH3 is 1. The lowest BCUT2D eigenvalue weighted by atomic mass is 10.1. The molecule has 0 fully saturated rings. The molecule has 0 aliphatic carbocycles. The van der Waals surface area contributed by atoms with Gasteiger partial charge in [0.2, 0.25) is 0 Å². The van der Waals surface area contributed by atoms with Crippen molar-refractivity contribution < 1.29 is 4.74 Å². The van der Waals surface area contributed by atoms with Gasteiger partial charge < -0.3 is 4.74 Å². The standard InChI is InChI=1S/C19H16N2O/c1-13-4-3-9-21-18(12-20-19(13)21)16-6-5-15-11-17(22-2)8-7-14(15)10-16/h3-12H,1-2H3. The maximum atomic E-state index is 5.28. The fraction of sp³-hybridized carbons (Fsp3) is 0.105. The summed E-state index contributed by atoms with van der Waals surface area (Å²) in [4.78, 5) is 4.54. The van der Waals surface area contributed by atoms with Gasteiger partial charge in [0.1, 0.15) is 11.4 Å². The first-order valence-electron chi connectivity index (χ1n) is 7.27. The molecule has 2 aromatic carbocycles. The average Bonchev–Trinajstić information content (AvgIpc) is 2.99. The second kappa shape index (κ2) is 4.88. The molecular formula is C19H16N2O. The molecule has 0 saturated heterocycles. The molecule has 0 aliphatic heterocycles. The van der Waals surface area contributed by atoms with Gasteiger partial charge in [0.15, 0.2) is 0 Å². The van der Waals surface area contributed by atoms with Crippen molar-refractivity contribution in [2.75, 3.05) is 7.11 Å². The fourth-order valence-corrected chi connectivity index (χ4v) is 2.88. The Bertz CT molecular complexity index is 985. The van der Waals surface area contributed by atoms with E-state index in [0.29, 0.717) is 0 Å². The van der Waals surface area contributed by atoms with E-state index < -0.39 is 0 Å². The van der Waals surface area contributed by atoms with Gasteiger partial charge in [-0.2, -0.15) is 0 Å². The van der Waals surface area contributed by atoms with Crippen molar-refractivity contribution in [2.45, 2.75) is 6.92 Å². The first-order valence-corrected chi connectivity index (χ1v) is 7.27. The van der Waals surface area contributed by atoms with Crippen molar-refractivity contribution in [1.82, 2.24) is 9.38 Å². The van der Waals surface area contributed by atoms with Gasteiger partial charge in [-0.1, -0.05) is 24.3 Å². The van der Waals surface area contributed by atoms with Crippen LogP contribution in [0.5, 0.6) is 5.75 Å². The Labute approximate surface area is 128 Å². The highest BCUT2D eigenvalue weighted by atomic mass is 16.5. The lowest BCUT2D eigenvalue weighted by Crippen LogP contribution is -1.90. The third-order valence-electron chi connectivity index (χ3n) is 4.07. The number of aryl methyl sites for hydroxylation is 1. The zero-order chi connectivity index (χ0) is 15.1. The third kappa shape index (κ3) is 1.94. The Kier molecular flexibility index (Phi) is 2.86. The van der Waals surface area contributed by atoms with Gasteiger partial charge in [-0.05, 0) is 47.5 Å². The monoisotopic (exact) mass is 288 g/mol. The minimum Gasteiger partial charge on any atom is -0.497 e. The Balaban J connectivity index is 1.91. The van der Waals surface area contributed by atoms with Gasteiger partial charge in [0, 0.05) is 11.8 Å². The van der Waals surface area contributed by atoms with Crippen LogP contribution in [0.4, 0.5) is 0 Å². The molecule has 0 amide bonds. The minimum absolute atomic E-state index is 0.880. The highest BCUT2D eigenvalue weighted by Crippen LogP contribution is 2.28. The number of pyridine rings is 1. The van der Waals surface area contributed by atoms with E-state index in [-0.39, 0.29) is 0 Å². The van der Waals surface area contributed by atoms with E-state index in [0.717, 1.165) is 22.7 Å². The summed E-state index contributed by atoms with van der Waals surface area (Å²) in [5, 5.41) is 2.37. The molecule has 3 heteroatoms. The zero-order valence-electron chi connectivity index (χ0n) is 12.6. The van der Waals surface area contributed by atoms with E-state index in [1.165, 1.54) is 16.3 Å². The van der Waals surface area contributed by atoms with Gasteiger partial charge in [-0.25, -0.2) is 4.98 Å². The Morgan fingerprint density at radius 1 is 1.00 bits per heavy atom. The molecule has 0 aliphatic rings. The molecule has 0 bridgehead atoms. The number of ether oxygens (including phenoxy) is 1. The van der Waals surface area contributed by atoms with Crippen LogP contribution in [-0.2, 0) is 0 Å². The number of hydrogen-bond acceptors (Lipinski definition) is 2. The van der Waals surface area contributed by atoms with Crippen molar-refractivity contribution >= 4 is 16.4 Å². The molecule has 2 heterocycles. The molecule has 0 unspecified atom stereocenters. The predicted molar refractivity (Wildman–Crippen MR) is 89.4 cm³/mol. The molecule has 0 spiro atoms. The maximum absolute atomic E-state index is 5.28. The lowest BCUT2D eigenvalue weighted by Gasteiger charge is -2.06. The molecule has 108 valence electrons. The van der Waals surface area contributed by atoms with Gasteiger partial charge >= 0.3 is 0 Å². The van der Waals surface area contributed by atoms with Crippen molar-refractivity contribution in [3.63, 3.8) is 0 Å². The number of nitrogens with zero attached hydrogens (tertiary/aromatic N) is 2. The molecule has 4 aromatic rings. The summed E-state index contributed by atoms with van der Waals surface area (Å²) in [5.74, 6) is 0.880. The van der Waals surface area contributed by atoms with E-state index >= 15 is 0 Å². The van der Waals surface area contributed by atoms with Crippen LogP contribution in [0.25, 0.3) is 27.7 Å². The summed E-state index contributed by atoms with van der Waals surface area (Å²) in [7, 11) is 1.69. The number of hydrogen-bond donors (Lipinski definition) is 0. The zero-order valence-corrected chi connectivity index (χ0v) is 12.6. The Morgan fingerprint density at radius 3 is 2.68 bits per heavy atom. The van der Waals surface area contributed by atoms with Crippen molar-refractivity contribution in [1.29, 1.82) is 0 Å². The number of aromatic nitrogens is 2. The van der Waals surface area contributed by atoms with E-state index in [2.05, 4.69) is 65.0 Å². The van der Waals surface area contributed by atoms with Crippen LogP contribution < -0.4 is 4.74 Å². The topological polar surface area (TPSA) is 26.5 Å². The first kappa shape index (κ1) is 12.9. The van der Waals surface area contributed by atoms with Gasteiger partial charge in [-0.3, -0.25) is 4.40 Å². The van der Waals surface area contributed by atoms with Gasteiger partial charge in [0.25, 0.3) is 0 Å². The summed E-state index contributed by atoms with van der Waals surface area (Å²) < 4.78 is 7.42. The molecule has 2 aromatic heterocycles.